The van der Waals surface area contributed by atoms with Crippen LogP contribution < -0.4 is 0 Å². The number of carboxylic acid groups (broad SMARTS) is 1. The minimum atomic E-state index is -1.05. The molecule has 5 heteroatoms. The number of carbonyl (C=O) groups is 2. The highest BCUT2D eigenvalue weighted by Gasteiger charge is 2.25. The van der Waals surface area contributed by atoms with Gasteiger partial charge in [-0.1, -0.05) is 0 Å². The zero-order valence-corrected chi connectivity index (χ0v) is 8.85. The molecule has 0 aliphatic heterocycles. The second-order valence-electron chi connectivity index (χ2n) is 3.36. The lowest BCUT2D eigenvalue weighted by molar-refractivity contribution is -0.141. The first-order chi connectivity index (χ1) is 6.95. The van der Waals surface area contributed by atoms with Gasteiger partial charge in [-0.25, -0.2) is 4.79 Å². The first-order valence-electron chi connectivity index (χ1n) is 4.49. The van der Waals surface area contributed by atoms with Gasteiger partial charge in [-0.2, -0.15) is 0 Å². The number of furan rings is 1. The van der Waals surface area contributed by atoms with Gasteiger partial charge < -0.3 is 14.4 Å². The highest BCUT2D eigenvalue weighted by Crippen LogP contribution is 2.12. The van der Waals surface area contributed by atoms with E-state index in [0.717, 1.165) is 4.90 Å². The van der Waals surface area contributed by atoms with Crippen LogP contribution in [0.25, 0.3) is 0 Å². The predicted octanol–water partition coefficient (Wildman–Crippen LogP) is 1.13. The van der Waals surface area contributed by atoms with E-state index in [1.54, 1.807) is 13.0 Å². The molecule has 0 saturated carbocycles. The van der Waals surface area contributed by atoms with Gasteiger partial charge in [0, 0.05) is 12.6 Å². The van der Waals surface area contributed by atoms with Crippen molar-refractivity contribution in [2.75, 3.05) is 7.05 Å². The summed E-state index contributed by atoms with van der Waals surface area (Å²) < 4.78 is 4.99. The molecule has 0 saturated heterocycles. The molecule has 0 aliphatic rings. The van der Waals surface area contributed by atoms with E-state index in [9.17, 15) is 9.59 Å². The molecule has 1 amide bonds. The Hall–Kier alpha value is -1.78. The quantitative estimate of drug-likeness (QED) is 0.813. The van der Waals surface area contributed by atoms with E-state index in [2.05, 4.69) is 0 Å². The van der Waals surface area contributed by atoms with E-state index in [-0.39, 0.29) is 5.76 Å². The van der Waals surface area contributed by atoms with E-state index in [1.807, 2.05) is 0 Å². The lowest BCUT2D eigenvalue weighted by atomic mass is 10.2. The highest BCUT2D eigenvalue weighted by molar-refractivity contribution is 5.95. The molecule has 0 aliphatic carbocycles. The Morgan fingerprint density at radius 3 is 2.53 bits per heavy atom. The van der Waals surface area contributed by atoms with Gasteiger partial charge in [0.05, 0.1) is 6.26 Å². The Bertz CT molecular complexity index is 383. The SMILES string of the molecule is Cc1ccoc1C(=O)N(C)[C@@H](C)C(=O)O. The Labute approximate surface area is 87.3 Å². The number of nitrogens with zero attached hydrogens (tertiary/aromatic N) is 1. The highest BCUT2D eigenvalue weighted by atomic mass is 16.4. The lowest BCUT2D eigenvalue weighted by Gasteiger charge is -2.20. The Morgan fingerprint density at radius 2 is 2.13 bits per heavy atom. The third-order valence-electron chi connectivity index (χ3n) is 2.32. The topological polar surface area (TPSA) is 70.8 Å². The van der Waals surface area contributed by atoms with Crippen molar-refractivity contribution in [3.05, 3.63) is 23.7 Å². The molecule has 0 radical (unpaired) electrons. The maximum absolute atomic E-state index is 11.7. The third-order valence-corrected chi connectivity index (χ3v) is 2.32. The molecule has 0 aromatic carbocycles. The minimum absolute atomic E-state index is 0.186. The lowest BCUT2D eigenvalue weighted by Crippen LogP contribution is -2.40. The van der Waals surface area contributed by atoms with Crippen LogP contribution in [0.3, 0.4) is 0 Å². The van der Waals surface area contributed by atoms with E-state index < -0.39 is 17.9 Å². The fourth-order valence-electron chi connectivity index (χ4n) is 1.09. The summed E-state index contributed by atoms with van der Waals surface area (Å²) in [4.78, 5) is 23.5. The van der Waals surface area contributed by atoms with Crippen LogP contribution in [0.15, 0.2) is 16.7 Å². The number of likely N-dealkylation sites (N-methyl/N-ethyl adjacent to an activating group) is 1. The molecule has 1 aromatic rings. The maximum atomic E-state index is 11.7. The van der Waals surface area contributed by atoms with Gasteiger partial charge in [-0.3, -0.25) is 4.79 Å². The number of aliphatic carboxylic acids is 1. The van der Waals surface area contributed by atoms with Gasteiger partial charge in [0.25, 0.3) is 5.91 Å². The van der Waals surface area contributed by atoms with Gasteiger partial charge in [-0.05, 0) is 19.9 Å². The van der Waals surface area contributed by atoms with E-state index >= 15 is 0 Å². The number of carboxylic acids is 1. The smallest absolute Gasteiger partial charge is 0.326 e. The van der Waals surface area contributed by atoms with Crippen molar-refractivity contribution < 1.29 is 19.1 Å². The first kappa shape index (κ1) is 11.3. The van der Waals surface area contributed by atoms with Gasteiger partial charge >= 0.3 is 5.97 Å². The summed E-state index contributed by atoms with van der Waals surface area (Å²) in [5.74, 6) is -1.28. The van der Waals surface area contributed by atoms with Crippen molar-refractivity contribution in [2.24, 2.45) is 0 Å². The van der Waals surface area contributed by atoms with Crippen LogP contribution in [0, 0.1) is 6.92 Å². The van der Waals surface area contributed by atoms with Crippen molar-refractivity contribution in [3.8, 4) is 0 Å². The number of carbonyl (C=O) groups excluding carboxylic acids is 1. The van der Waals surface area contributed by atoms with Gasteiger partial charge in [0.2, 0.25) is 0 Å². The summed E-state index contributed by atoms with van der Waals surface area (Å²) in [6.45, 7) is 3.18. The summed E-state index contributed by atoms with van der Waals surface area (Å²) in [7, 11) is 1.43. The largest absolute Gasteiger partial charge is 0.480 e. The fraction of sp³-hybridized carbons (Fsp3) is 0.400. The second kappa shape index (κ2) is 4.16. The molecule has 1 N–H and O–H groups in total. The third kappa shape index (κ3) is 2.18. The Kier molecular flexibility index (Phi) is 3.14. The van der Waals surface area contributed by atoms with Crippen molar-refractivity contribution in [2.45, 2.75) is 19.9 Å². The summed E-state index contributed by atoms with van der Waals surface area (Å²) in [5.41, 5.74) is 0.699. The Balaban J connectivity index is 2.86. The molecule has 82 valence electrons. The maximum Gasteiger partial charge on any atom is 0.326 e. The summed E-state index contributed by atoms with van der Waals surface area (Å²) in [6.07, 6.45) is 1.40. The fourth-order valence-corrected chi connectivity index (χ4v) is 1.09. The van der Waals surface area contributed by atoms with Crippen LogP contribution in [0.5, 0.6) is 0 Å². The summed E-state index contributed by atoms with van der Waals surface area (Å²) in [5, 5.41) is 8.74. The van der Waals surface area contributed by atoms with E-state index in [4.69, 9.17) is 9.52 Å². The molecule has 1 aromatic heterocycles. The van der Waals surface area contributed by atoms with Crippen molar-refractivity contribution in [1.82, 2.24) is 4.90 Å². The normalized spacial score (nSPS) is 12.2. The molecule has 0 bridgehead atoms. The van der Waals surface area contributed by atoms with Crippen LogP contribution >= 0.6 is 0 Å². The van der Waals surface area contributed by atoms with Crippen LogP contribution in [0.2, 0.25) is 0 Å². The van der Waals surface area contributed by atoms with Crippen LogP contribution in [-0.4, -0.2) is 35.0 Å². The molecule has 0 spiro atoms. The summed E-state index contributed by atoms with van der Waals surface area (Å²) in [6, 6.07) is 0.786. The molecule has 1 heterocycles. The first-order valence-corrected chi connectivity index (χ1v) is 4.49. The second-order valence-corrected chi connectivity index (χ2v) is 3.36. The number of rotatable bonds is 3. The number of hydrogen-bond acceptors (Lipinski definition) is 3. The number of amides is 1. The predicted molar refractivity (Wildman–Crippen MR) is 52.6 cm³/mol. The van der Waals surface area contributed by atoms with Crippen molar-refractivity contribution in [1.29, 1.82) is 0 Å². The minimum Gasteiger partial charge on any atom is -0.480 e. The zero-order valence-electron chi connectivity index (χ0n) is 8.85. The molecular weight excluding hydrogens is 198 g/mol. The van der Waals surface area contributed by atoms with Crippen LogP contribution in [0.1, 0.15) is 23.0 Å². The van der Waals surface area contributed by atoms with Gasteiger partial charge in [-0.15, -0.1) is 0 Å². The Morgan fingerprint density at radius 1 is 1.53 bits per heavy atom. The zero-order chi connectivity index (χ0) is 11.6. The molecule has 15 heavy (non-hydrogen) atoms. The average Bonchev–Trinajstić information content (AvgIpc) is 2.60. The van der Waals surface area contributed by atoms with E-state index in [0.29, 0.717) is 5.56 Å². The van der Waals surface area contributed by atoms with Gasteiger partial charge in [0.1, 0.15) is 6.04 Å². The molecule has 0 unspecified atom stereocenters. The van der Waals surface area contributed by atoms with Crippen LogP contribution in [0.4, 0.5) is 0 Å². The van der Waals surface area contributed by atoms with Crippen LogP contribution in [-0.2, 0) is 4.79 Å². The number of aryl methyl sites for hydroxylation is 1. The molecular formula is C10H13NO4. The summed E-state index contributed by atoms with van der Waals surface area (Å²) >= 11 is 0. The van der Waals surface area contributed by atoms with Crippen molar-refractivity contribution >= 4 is 11.9 Å². The standard InChI is InChI=1S/C10H13NO4/c1-6-4-5-15-8(6)9(12)11(3)7(2)10(13)14/h4-5,7H,1-3H3,(H,13,14)/t7-/m0/s1. The molecule has 0 fully saturated rings. The van der Waals surface area contributed by atoms with Crippen molar-refractivity contribution in [3.63, 3.8) is 0 Å². The number of hydrogen-bond donors (Lipinski definition) is 1. The molecule has 1 rings (SSSR count). The molecule has 1 atom stereocenters. The average molecular weight is 211 g/mol. The monoisotopic (exact) mass is 211 g/mol. The van der Waals surface area contributed by atoms with E-state index in [1.165, 1.54) is 20.2 Å². The van der Waals surface area contributed by atoms with Gasteiger partial charge in [0.15, 0.2) is 5.76 Å². The molecule has 5 nitrogen and oxygen atoms in total.